The maximum absolute atomic E-state index is 12.4. The molecule has 2 aromatic carbocycles. The van der Waals surface area contributed by atoms with Crippen LogP contribution in [0, 0.1) is 5.41 Å². The molecule has 1 aliphatic heterocycles. The summed E-state index contributed by atoms with van der Waals surface area (Å²) in [5.74, 6) is 1.22. The van der Waals surface area contributed by atoms with Crippen LogP contribution < -0.4 is 9.47 Å². The number of aryl methyl sites for hydroxylation is 1. The van der Waals surface area contributed by atoms with Crippen LogP contribution in [0.25, 0.3) is 5.57 Å². The number of carbonyl (C=O) groups excluding carboxylic acids is 1. The zero-order valence-corrected chi connectivity index (χ0v) is 20.6. The Morgan fingerprint density at radius 3 is 2.62 bits per heavy atom. The number of esters is 1. The van der Waals surface area contributed by atoms with Gasteiger partial charge in [-0.2, -0.15) is 0 Å². The number of rotatable bonds is 7. The molecule has 1 fully saturated rings. The molecule has 0 aromatic heterocycles. The molecule has 1 heterocycles. The fraction of sp³-hybridized carbons (Fsp3) is 0.483. The maximum atomic E-state index is 12.4. The second-order valence-electron chi connectivity index (χ2n) is 10.4. The molecule has 5 heteroatoms. The molecule has 34 heavy (non-hydrogen) atoms. The van der Waals surface area contributed by atoms with Crippen molar-refractivity contribution in [3.8, 4) is 11.5 Å². The summed E-state index contributed by atoms with van der Waals surface area (Å²) >= 11 is 0. The first-order valence-electron chi connectivity index (χ1n) is 12.4. The molecule has 1 unspecified atom stereocenters. The van der Waals surface area contributed by atoms with Crippen molar-refractivity contribution in [2.24, 2.45) is 5.41 Å². The van der Waals surface area contributed by atoms with Crippen molar-refractivity contribution in [1.29, 1.82) is 0 Å². The Balaban J connectivity index is 1.48. The lowest BCUT2D eigenvalue weighted by Crippen LogP contribution is -2.26. The molecule has 4 rings (SSSR count). The average molecular weight is 466 g/mol. The van der Waals surface area contributed by atoms with Crippen LogP contribution in [0.3, 0.4) is 0 Å². The number of fused-ring (bicyclic) bond motifs is 1. The van der Waals surface area contributed by atoms with E-state index < -0.39 is 5.41 Å². The predicted octanol–water partition coefficient (Wildman–Crippen LogP) is 6.22. The highest BCUT2D eigenvalue weighted by Gasteiger charge is 2.25. The largest absolute Gasteiger partial charge is 0.489 e. The van der Waals surface area contributed by atoms with Crippen molar-refractivity contribution < 1.29 is 18.7 Å². The predicted molar refractivity (Wildman–Crippen MR) is 134 cm³/mol. The number of carbonyl (C=O) groups is 1. The van der Waals surface area contributed by atoms with Gasteiger partial charge in [-0.3, -0.25) is 14.1 Å². The van der Waals surface area contributed by atoms with Crippen molar-refractivity contribution in [1.82, 2.24) is 4.90 Å². The third-order valence-corrected chi connectivity index (χ3v) is 6.50. The van der Waals surface area contributed by atoms with Crippen molar-refractivity contribution in [3.63, 3.8) is 0 Å². The number of hydrogen-bond acceptors (Lipinski definition) is 4. The molecular weight excluding hydrogens is 429 g/mol. The highest BCUT2D eigenvalue weighted by atomic mass is 19.1. The molecule has 4 nitrogen and oxygen atoms in total. The zero-order valence-electron chi connectivity index (χ0n) is 20.6. The molecular formula is C29H36FNO3. The Labute approximate surface area is 202 Å². The Morgan fingerprint density at radius 1 is 1.12 bits per heavy atom. The quantitative estimate of drug-likeness (QED) is 0.359. The second-order valence-corrected chi connectivity index (χ2v) is 10.4. The van der Waals surface area contributed by atoms with Gasteiger partial charge < -0.3 is 9.47 Å². The highest BCUT2D eigenvalue weighted by molar-refractivity contribution is 5.83. The van der Waals surface area contributed by atoms with E-state index >= 15 is 0 Å². The molecule has 1 atom stereocenters. The van der Waals surface area contributed by atoms with E-state index in [4.69, 9.17) is 9.47 Å². The van der Waals surface area contributed by atoms with E-state index in [1.165, 1.54) is 11.1 Å². The molecule has 0 bridgehead atoms. The summed E-state index contributed by atoms with van der Waals surface area (Å²) in [6.45, 7) is 7.95. The van der Waals surface area contributed by atoms with Crippen LogP contribution in [0.1, 0.15) is 63.1 Å². The van der Waals surface area contributed by atoms with Gasteiger partial charge in [-0.25, -0.2) is 0 Å². The minimum atomic E-state index is -0.551. The van der Waals surface area contributed by atoms with Crippen LogP contribution in [0.15, 0.2) is 48.5 Å². The monoisotopic (exact) mass is 465 g/mol. The topological polar surface area (TPSA) is 38.8 Å². The Hall–Kier alpha value is -2.66. The van der Waals surface area contributed by atoms with Crippen molar-refractivity contribution in [2.75, 3.05) is 26.3 Å². The standard InChI is InChI=1S/C29H36FNO3/c1-29(2,3)28(32)34-24-14-11-21-7-4-5-8-26(27(21)19-24)22-9-12-23(13-10-22)33-25-15-18-31(20-25)17-6-16-30/h8-14,19,25H,4-7,15-18,20H2,1-3H3. The number of benzene rings is 2. The summed E-state index contributed by atoms with van der Waals surface area (Å²) in [6.07, 6.45) is 7.12. The van der Waals surface area contributed by atoms with Gasteiger partial charge in [0.2, 0.25) is 0 Å². The number of likely N-dealkylation sites (tertiary alicyclic amines) is 1. The number of ether oxygens (including phenoxy) is 2. The van der Waals surface area contributed by atoms with Gasteiger partial charge >= 0.3 is 5.97 Å². The lowest BCUT2D eigenvalue weighted by Gasteiger charge is -2.18. The normalized spacial score (nSPS) is 18.7. The Bertz CT molecular complexity index is 1020. The Morgan fingerprint density at radius 2 is 1.88 bits per heavy atom. The van der Waals surface area contributed by atoms with Crippen LogP contribution in [0.4, 0.5) is 4.39 Å². The zero-order chi connectivity index (χ0) is 24.1. The van der Waals surface area contributed by atoms with E-state index in [1.54, 1.807) is 0 Å². The van der Waals surface area contributed by atoms with E-state index in [9.17, 15) is 9.18 Å². The molecule has 1 saturated heterocycles. The fourth-order valence-corrected chi connectivity index (χ4v) is 4.56. The summed E-state index contributed by atoms with van der Waals surface area (Å²) in [4.78, 5) is 14.7. The molecule has 0 saturated carbocycles. The number of nitrogens with zero attached hydrogens (tertiary/aromatic N) is 1. The fourth-order valence-electron chi connectivity index (χ4n) is 4.56. The average Bonchev–Trinajstić information content (AvgIpc) is 3.14. The lowest BCUT2D eigenvalue weighted by molar-refractivity contribution is -0.143. The van der Waals surface area contributed by atoms with Crippen molar-refractivity contribution in [3.05, 3.63) is 65.2 Å². The molecule has 0 N–H and O–H groups in total. The number of allylic oxidation sites excluding steroid dienone is 1. The Kier molecular flexibility index (Phi) is 7.72. The van der Waals surface area contributed by atoms with Gasteiger partial charge in [-0.15, -0.1) is 0 Å². The van der Waals surface area contributed by atoms with Gasteiger partial charge in [0.1, 0.15) is 17.6 Å². The first kappa shape index (κ1) is 24.5. The van der Waals surface area contributed by atoms with Gasteiger partial charge in [0.15, 0.2) is 0 Å². The van der Waals surface area contributed by atoms with Crippen molar-refractivity contribution in [2.45, 2.75) is 59.0 Å². The summed E-state index contributed by atoms with van der Waals surface area (Å²) in [7, 11) is 0. The third-order valence-electron chi connectivity index (χ3n) is 6.50. The van der Waals surface area contributed by atoms with Crippen LogP contribution in [-0.4, -0.2) is 43.3 Å². The maximum Gasteiger partial charge on any atom is 0.316 e. The van der Waals surface area contributed by atoms with Gasteiger partial charge in [0.25, 0.3) is 0 Å². The van der Waals surface area contributed by atoms with Gasteiger partial charge in [-0.1, -0.05) is 24.3 Å². The molecule has 2 aromatic rings. The molecule has 0 spiro atoms. The SMILES string of the molecule is CC(C)(C)C(=O)Oc1ccc2c(c1)C(c1ccc(OC3CCN(CCCF)C3)cc1)=CCCC2. The minimum absolute atomic E-state index is 0.156. The van der Waals surface area contributed by atoms with E-state index in [1.807, 2.05) is 45.0 Å². The smallest absolute Gasteiger partial charge is 0.316 e. The highest BCUT2D eigenvalue weighted by Crippen LogP contribution is 2.35. The van der Waals surface area contributed by atoms with Gasteiger partial charge in [0.05, 0.1) is 12.1 Å². The van der Waals surface area contributed by atoms with E-state index in [-0.39, 0.29) is 18.7 Å². The van der Waals surface area contributed by atoms with Crippen molar-refractivity contribution >= 4 is 11.5 Å². The van der Waals surface area contributed by atoms with E-state index in [0.29, 0.717) is 12.2 Å². The van der Waals surface area contributed by atoms with E-state index in [2.05, 4.69) is 29.2 Å². The summed E-state index contributed by atoms with van der Waals surface area (Å²) in [6, 6.07) is 14.3. The molecule has 2 aliphatic rings. The molecule has 0 amide bonds. The van der Waals surface area contributed by atoms with Gasteiger partial charge in [-0.05, 0) is 99.4 Å². The number of alkyl halides is 1. The second kappa shape index (κ2) is 10.7. The number of hydrogen-bond donors (Lipinski definition) is 0. The lowest BCUT2D eigenvalue weighted by atomic mass is 9.93. The summed E-state index contributed by atoms with van der Waals surface area (Å²) in [5.41, 5.74) is 4.16. The van der Waals surface area contributed by atoms with Crippen LogP contribution in [0.2, 0.25) is 0 Å². The third kappa shape index (κ3) is 6.06. The van der Waals surface area contributed by atoms with Gasteiger partial charge in [0, 0.05) is 19.6 Å². The summed E-state index contributed by atoms with van der Waals surface area (Å²) < 4.78 is 24.3. The molecule has 0 radical (unpaired) electrons. The van der Waals surface area contributed by atoms with Crippen LogP contribution in [0.5, 0.6) is 11.5 Å². The molecule has 182 valence electrons. The first-order chi connectivity index (χ1) is 16.3. The van der Waals surface area contributed by atoms with E-state index in [0.717, 1.165) is 62.2 Å². The summed E-state index contributed by atoms with van der Waals surface area (Å²) in [5, 5.41) is 0. The van der Waals surface area contributed by atoms with Crippen LogP contribution in [-0.2, 0) is 11.2 Å². The first-order valence-corrected chi connectivity index (χ1v) is 12.4. The number of halogens is 1. The minimum Gasteiger partial charge on any atom is -0.489 e. The van der Waals surface area contributed by atoms with Crippen LogP contribution >= 0.6 is 0 Å². The molecule has 1 aliphatic carbocycles.